The molecule has 1 unspecified atom stereocenters. The van der Waals surface area contributed by atoms with Crippen LogP contribution in [0.5, 0.6) is 5.75 Å². The van der Waals surface area contributed by atoms with Crippen LogP contribution < -0.4 is 4.74 Å². The van der Waals surface area contributed by atoms with Gasteiger partial charge in [-0.2, -0.15) is 5.10 Å². The van der Waals surface area contributed by atoms with Crippen molar-refractivity contribution in [1.82, 2.24) is 9.78 Å². The Balaban J connectivity index is 1.77. The van der Waals surface area contributed by atoms with E-state index in [4.69, 9.17) is 9.47 Å². The maximum absolute atomic E-state index is 12.1. The second kappa shape index (κ2) is 5.28. The van der Waals surface area contributed by atoms with Gasteiger partial charge in [-0.05, 0) is 24.3 Å². The van der Waals surface area contributed by atoms with E-state index in [0.29, 0.717) is 5.69 Å². The van der Waals surface area contributed by atoms with Gasteiger partial charge in [0.05, 0.1) is 18.4 Å². The van der Waals surface area contributed by atoms with Crippen LogP contribution in [0.3, 0.4) is 0 Å². The summed E-state index contributed by atoms with van der Waals surface area (Å²) in [6, 6.07) is 17.2. The summed E-state index contributed by atoms with van der Waals surface area (Å²) in [4.78, 5) is 12.1. The molecule has 2 aromatic carbocycles. The quantitative estimate of drug-likeness (QED) is 0.698. The van der Waals surface area contributed by atoms with Gasteiger partial charge in [0.2, 0.25) is 0 Å². The lowest BCUT2D eigenvalue weighted by molar-refractivity contribution is 0.0447. The number of nitrogens with zero attached hydrogens (tertiary/aromatic N) is 2. The smallest absolute Gasteiger partial charge is 0.360 e. The van der Waals surface area contributed by atoms with Crippen molar-refractivity contribution in [3.8, 4) is 11.4 Å². The molecule has 5 heteroatoms. The molecule has 23 heavy (non-hydrogen) atoms. The molecule has 1 aliphatic heterocycles. The number of benzene rings is 2. The highest BCUT2D eigenvalue weighted by atomic mass is 16.5. The first-order chi connectivity index (χ1) is 11.3. The highest BCUT2D eigenvalue weighted by Crippen LogP contribution is 2.36. The summed E-state index contributed by atoms with van der Waals surface area (Å²) < 4.78 is 12.4. The van der Waals surface area contributed by atoms with Gasteiger partial charge >= 0.3 is 5.97 Å². The fourth-order valence-electron chi connectivity index (χ4n) is 2.73. The van der Waals surface area contributed by atoms with E-state index < -0.39 is 12.1 Å². The van der Waals surface area contributed by atoms with Crippen LogP contribution >= 0.6 is 0 Å². The second-order valence-electron chi connectivity index (χ2n) is 5.28. The van der Waals surface area contributed by atoms with Gasteiger partial charge in [-0.15, -0.1) is 0 Å². The van der Waals surface area contributed by atoms with Gasteiger partial charge in [0.15, 0.2) is 11.8 Å². The molecule has 114 valence electrons. The standard InChI is InChI=1S/C18H14N2O3/c1-22-14-9-5-6-12(10-14)17-15-11-20(13-7-3-2-4-8-13)19-16(15)18(21)23-17/h2-11,17H,1H3. The molecule has 0 amide bonds. The predicted molar refractivity (Wildman–Crippen MR) is 83.8 cm³/mol. The van der Waals surface area contributed by atoms with Crippen LogP contribution in [0.25, 0.3) is 5.69 Å². The van der Waals surface area contributed by atoms with Crippen LogP contribution in [-0.2, 0) is 4.74 Å². The molecule has 2 heterocycles. The lowest BCUT2D eigenvalue weighted by Crippen LogP contribution is -2.05. The third kappa shape index (κ3) is 2.26. The number of esters is 1. The fraction of sp³-hybridized carbons (Fsp3) is 0.111. The third-order valence-corrected chi connectivity index (χ3v) is 3.86. The lowest BCUT2D eigenvalue weighted by Gasteiger charge is -2.12. The van der Waals surface area contributed by atoms with E-state index in [9.17, 15) is 4.79 Å². The zero-order valence-corrected chi connectivity index (χ0v) is 12.5. The SMILES string of the molecule is COc1cccc(C2OC(=O)c3nn(-c4ccccc4)cc32)c1. The number of para-hydroxylation sites is 1. The summed E-state index contributed by atoms with van der Waals surface area (Å²) in [6.45, 7) is 0. The first kappa shape index (κ1) is 13.6. The molecule has 0 radical (unpaired) electrons. The Morgan fingerprint density at radius 2 is 1.96 bits per heavy atom. The molecule has 4 rings (SSSR count). The van der Waals surface area contributed by atoms with Crippen molar-refractivity contribution < 1.29 is 14.3 Å². The van der Waals surface area contributed by atoms with E-state index in [1.54, 1.807) is 11.8 Å². The average Bonchev–Trinajstić information content (AvgIpc) is 3.17. The number of methoxy groups -OCH3 is 1. The summed E-state index contributed by atoms with van der Waals surface area (Å²) in [7, 11) is 1.61. The number of hydrogen-bond donors (Lipinski definition) is 0. The molecule has 0 saturated carbocycles. The van der Waals surface area contributed by atoms with Gasteiger partial charge < -0.3 is 9.47 Å². The van der Waals surface area contributed by atoms with Crippen molar-refractivity contribution in [2.75, 3.05) is 7.11 Å². The Labute approximate surface area is 133 Å². The number of rotatable bonds is 3. The Morgan fingerprint density at radius 3 is 2.74 bits per heavy atom. The maximum atomic E-state index is 12.1. The molecule has 0 fully saturated rings. The molecular weight excluding hydrogens is 292 g/mol. The van der Waals surface area contributed by atoms with Gasteiger partial charge in [-0.3, -0.25) is 0 Å². The highest BCUT2D eigenvalue weighted by molar-refractivity contribution is 5.92. The number of aromatic nitrogens is 2. The third-order valence-electron chi connectivity index (χ3n) is 3.86. The summed E-state index contributed by atoms with van der Waals surface area (Å²) in [5.74, 6) is 0.324. The zero-order chi connectivity index (χ0) is 15.8. The molecular formula is C18H14N2O3. The van der Waals surface area contributed by atoms with Crippen LogP contribution in [0, 0.1) is 0 Å². The van der Waals surface area contributed by atoms with E-state index >= 15 is 0 Å². The normalized spacial score (nSPS) is 16.0. The molecule has 0 saturated heterocycles. The van der Waals surface area contributed by atoms with Crippen LogP contribution in [0.15, 0.2) is 60.8 Å². The summed E-state index contributed by atoms with van der Waals surface area (Å²) in [5.41, 5.74) is 2.90. The summed E-state index contributed by atoms with van der Waals surface area (Å²) >= 11 is 0. The molecule has 1 aliphatic rings. The van der Waals surface area contributed by atoms with Gasteiger partial charge in [0, 0.05) is 11.8 Å². The van der Waals surface area contributed by atoms with Crippen molar-refractivity contribution in [1.29, 1.82) is 0 Å². The molecule has 0 aliphatic carbocycles. The number of fused-ring (bicyclic) bond motifs is 1. The number of carbonyl (C=O) groups is 1. The summed E-state index contributed by atoms with van der Waals surface area (Å²) in [5, 5.41) is 4.37. The molecule has 1 atom stereocenters. The predicted octanol–water partition coefficient (Wildman–Crippen LogP) is 3.14. The van der Waals surface area contributed by atoms with E-state index in [0.717, 1.165) is 22.6 Å². The number of ether oxygens (including phenoxy) is 2. The monoisotopic (exact) mass is 306 g/mol. The Hall–Kier alpha value is -3.08. The number of carbonyl (C=O) groups excluding carboxylic acids is 1. The zero-order valence-electron chi connectivity index (χ0n) is 12.5. The Kier molecular flexibility index (Phi) is 3.12. The van der Waals surface area contributed by atoms with Crippen molar-refractivity contribution >= 4 is 5.97 Å². The average molecular weight is 306 g/mol. The first-order valence-electron chi connectivity index (χ1n) is 7.26. The van der Waals surface area contributed by atoms with Crippen LogP contribution in [-0.4, -0.2) is 22.9 Å². The number of hydrogen-bond acceptors (Lipinski definition) is 4. The minimum Gasteiger partial charge on any atom is -0.497 e. The van der Waals surface area contributed by atoms with Crippen molar-refractivity contribution in [3.63, 3.8) is 0 Å². The molecule has 0 spiro atoms. The van der Waals surface area contributed by atoms with E-state index in [-0.39, 0.29) is 0 Å². The van der Waals surface area contributed by atoms with Crippen molar-refractivity contribution in [2.45, 2.75) is 6.10 Å². The van der Waals surface area contributed by atoms with Crippen molar-refractivity contribution in [3.05, 3.63) is 77.6 Å². The Morgan fingerprint density at radius 1 is 1.13 bits per heavy atom. The molecule has 0 bridgehead atoms. The van der Waals surface area contributed by atoms with E-state index in [2.05, 4.69) is 5.10 Å². The topological polar surface area (TPSA) is 53.4 Å². The second-order valence-corrected chi connectivity index (χ2v) is 5.28. The molecule has 5 nitrogen and oxygen atoms in total. The highest BCUT2D eigenvalue weighted by Gasteiger charge is 2.36. The molecule has 1 aromatic heterocycles. The van der Waals surface area contributed by atoms with Gasteiger partial charge in [0.25, 0.3) is 0 Å². The fourth-order valence-corrected chi connectivity index (χ4v) is 2.73. The van der Waals surface area contributed by atoms with Crippen LogP contribution in [0.4, 0.5) is 0 Å². The Bertz CT molecular complexity index is 871. The maximum Gasteiger partial charge on any atom is 0.360 e. The van der Waals surface area contributed by atoms with Gasteiger partial charge in [0.1, 0.15) is 5.75 Å². The lowest BCUT2D eigenvalue weighted by atomic mass is 10.0. The van der Waals surface area contributed by atoms with Crippen LogP contribution in [0.2, 0.25) is 0 Å². The minimum atomic E-state index is -0.454. The van der Waals surface area contributed by atoms with E-state index in [1.807, 2.05) is 60.8 Å². The first-order valence-corrected chi connectivity index (χ1v) is 7.26. The summed E-state index contributed by atoms with van der Waals surface area (Å²) in [6.07, 6.45) is 1.39. The minimum absolute atomic E-state index is 0.363. The molecule has 3 aromatic rings. The largest absolute Gasteiger partial charge is 0.497 e. The molecule has 0 N–H and O–H groups in total. The van der Waals surface area contributed by atoms with Crippen LogP contribution in [0.1, 0.15) is 27.7 Å². The van der Waals surface area contributed by atoms with Gasteiger partial charge in [-0.25, -0.2) is 9.48 Å². The van der Waals surface area contributed by atoms with E-state index in [1.165, 1.54) is 0 Å². The van der Waals surface area contributed by atoms with Crippen molar-refractivity contribution in [2.24, 2.45) is 0 Å². The number of cyclic esters (lactones) is 1. The van der Waals surface area contributed by atoms with Gasteiger partial charge in [-0.1, -0.05) is 30.3 Å².